The molecule has 0 fully saturated rings. The number of rotatable bonds is 1. The van der Waals surface area contributed by atoms with Gasteiger partial charge in [0, 0.05) is 6.66 Å². The van der Waals surface area contributed by atoms with E-state index < -0.39 is 13.1 Å². The van der Waals surface area contributed by atoms with Crippen molar-refractivity contribution in [1.29, 1.82) is 0 Å². The molecular formula is C2H5O4P. The molecule has 0 radical (unpaired) electrons. The average molecular weight is 124 g/mol. The Morgan fingerprint density at radius 2 is 1.86 bits per heavy atom. The van der Waals surface area contributed by atoms with Crippen LogP contribution in [0.3, 0.4) is 0 Å². The maximum absolute atomic E-state index is 9.87. The second kappa shape index (κ2) is 1.64. The first-order chi connectivity index (χ1) is 2.94. The molecule has 0 aliphatic heterocycles. The van der Waals surface area contributed by atoms with Crippen molar-refractivity contribution < 1.29 is 19.4 Å². The first kappa shape index (κ1) is 6.66. The third-order valence-corrected chi connectivity index (χ3v) is 1.06. The highest BCUT2D eigenvalue weighted by atomic mass is 31.2. The Kier molecular flexibility index (Phi) is 1.56. The maximum Gasteiger partial charge on any atom is 0.388 e. The van der Waals surface area contributed by atoms with Crippen LogP contribution in [-0.2, 0) is 4.57 Å². The summed E-state index contributed by atoms with van der Waals surface area (Å²) >= 11 is 0. The number of carboxylic acid groups (broad SMARTS) is 1. The fourth-order valence-corrected chi connectivity index (χ4v) is 0. The highest BCUT2D eigenvalue weighted by Gasteiger charge is 2.19. The Bertz CT molecular complexity index is 122. The first-order valence-electron chi connectivity index (χ1n) is 1.48. The molecule has 0 aromatic carbocycles. The molecule has 2 N–H and O–H groups in total. The van der Waals surface area contributed by atoms with Crippen molar-refractivity contribution >= 4 is 13.1 Å². The van der Waals surface area contributed by atoms with Crippen molar-refractivity contribution in [3.63, 3.8) is 0 Å². The molecule has 0 rings (SSSR count). The zero-order valence-corrected chi connectivity index (χ0v) is 4.55. The summed E-state index contributed by atoms with van der Waals surface area (Å²) in [6.45, 7) is 0.773. The molecule has 0 aromatic rings. The van der Waals surface area contributed by atoms with Gasteiger partial charge in [0.25, 0.3) is 0 Å². The minimum atomic E-state index is -3.82. The van der Waals surface area contributed by atoms with Gasteiger partial charge in [-0.1, -0.05) is 0 Å². The van der Waals surface area contributed by atoms with E-state index in [4.69, 9.17) is 10.00 Å². The van der Waals surface area contributed by atoms with Gasteiger partial charge in [0.1, 0.15) is 0 Å². The fraction of sp³-hybridized carbons (Fsp3) is 0.500. The van der Waals surface area contributed by atoms with E-state index in [2.05, 4.69) is 0 Å². The predicted octanol–water partition coefficient (Wildman–Crippen LogP) is 0.565. The molecule has 0 aliphatic carbocycles. The third kappa shape index (κ3) is 2.37. The molecule has 42 valence electrons. The van der Waals surface area contributed by atoms with Crippen LogP contribution in [0.5, 0.6) is 0 Å². The zero-order valence-electron chi connectivity index (χ0n) is 3.66. The minimum absolute atomic E-state index is 0.773. The monoisotopic (exact) mass is 124 g/mol. The summed E-state index contributed by atoms with van der Waals surface area (Å²) in [5.74, 6) is 0. The molecule has 0 saturated heterocycles. The SMILES string of the molecule is CP(=O)(O)C(=O)O. The van der Waals surface area contributed by atoms with Gasteiger partial charge < -0.3 is 10.00 Å². The Labute approximate surface area is 40.2 Å². The van der Waals surface area contributed by atoms with Crippen molar-refractivity contribution in [2.45, 2.75) is 0 Å². The molecule has 5 heteroatoms. The molecule has 0 saturated carbocycles. The van der Waals surface area contributed by atoms with Crippen LogP contribution in [0.25, 0.3) is 0 Å². The van der Waals surface area contributed by atoms with Crippen molar-refractivity contribution in [2.75, 3.05) is 6.66 Å². The van der Waals surface area contributed by atoms with Crippen LogP contribution >= 0.6 is 7.37 Å². The topological polar surface area (TPSA) is 74.6 Å². The van der Waals surface area contributed by atoms with Gasteiger partial charge in [0.15, 0.2) is 0 Å². The largest absolute Gasteiger partial charge is 0.474 e. The lowest BCUT2D eigenvalue weighted by Gasteiger charge is -1.91. The van der Waals surface area contributed by atoms with Crippen molar-refractivity contribution in [3.8, 4) is 0 Å². The number of hydrogen-bond acceptors (Lipinski definition) is 2. The normalized spacial score (nSPS) is 18.0. The lowest BCUT2D eigenvalue weighted by atomic mass is 11.6. The summed E-state index contributed by atoms with van der Waals surface area (Å²) in [6, 6.07) is 0. The van der Waals surface area contributed by atoms with E-state index >= 15 is 0 Å². The summed E-state index contributed by atoms with van der Waals surface area (Å²) in [5, 5.41) is 7.74. The molecule has 0 bridgehead atoms. The van der Waals surface area contributed by atoms with Crippen LogP contribution in [0, 0.1) is 0 Å². The molecule has 0 amide bonds. The molecule has 4 nitrogen and oxygen atoms in total. The molecule has 1 unspecified atom stereocenters. The lowest BCUT2D eigenvalue weighted by Crippen LogP contribution is -1.90. The van der Waals surface area contributed by atoms with E-state index in [1.165, 1.54) is 0 Å². The average Bonchev–Trinajstić information content (AvgIpc) is 1.31. The van der Waals surface area contributed by atoms with E-state index in [9.17, 15) is 9.36 Å². The zero-order chi connectivity index (χ0) is 6.08. The Morgan fingerprint density at radius 3 is 1.86 bits per heavy atom. The molecular weight excluding hydrogens is 119 g/mol. The summed E-state index contributed by atoms with van der Waals surface area (Å²) in [4.78, 5) is 17.6. The van der Waals surface area contributed by atoms with Gasteiger partial charge in [0.05, 0.1) is 0 Å². The maximum atomic E-state index is 9.87. The summed E-state index contributed by atoms with van der Waals surface area (Å²) in [5.41, 5.74) is -1.65. The predicted molar refractivity (Wildman–Crippen MR) is 23.8 cm³/mol. The highest BCUT2D eigenvalue weighted by molar-refractivity contribution is 7.73. The van der Waals surface area contributed by atoms with Gasteiger partial charge in [0.2, 0.25) is 0 Å². The van der Waals surface area contributed by atoms with Crippen LogP contribution in [0.1, 0.15) is 0 Å². The quantitative estimate of drug-likeness (QED) is 0.501. The van der Waals surface area contributed by atoms with E-state index in [0.717, 1.165) is 6.66 Å². The smallest absolute Gasteiger partial charge is 0.388 e. The first-order valence-corrected chi connectivity index (χ1v) is 3.59. The Hall–Kier alpha value is -0.340. The van der Waals surface area contributed by atoms with Crippen LogP contribution in [0.15, 0.2) is 0 Å². The van der Waals surface area contributed by atoms with Gasteiger partial charge in [-0.2, -0.15) is 0 Å². The van der Waals surface area contributed by atoms with Gasteiger partial charge in [-0.15, -0.1) is 0 Å². The van der Waals surface area contributed by atoms with Crippen molar-refractivity contribution in [2.24, 2.45) is 0 Å². The van der Waals surface area contributed by atoms with Crippen LogP contribution < -0.4 is 0 Å². The fourth-order valence-electron chi connectivity index (χ4n) is 0. The second-order valence-corrected chi connectivity index (χ2v) is 3.30. The third-order valence-electron chi connectivity index (χ3n) is 0.355. The summed E-state index contributed by atoms with van der Waals surface area (Å²) in [6.07, 6.45) is 0. The molecule has 0 aromatic heterocycles. The van der Waals surface area contributed by atoms with Crippen LogP contribution in [-0.4, -0.2) is 22.4 Å². The molecule has 0 aliphatic rings. The standard InChI is InChI=1S/C2H5O4P/c1-7(5,6)2(3)4/h1H3,(H,3,4)(H,5,6). The summed E-state index contributed by atoms with van der Waals surface area (Å²) in [7, 11) is -3.82. The number of carbonyl (C=O) groups is 1. The molecule has 7 heavy (non-hydrogen) atoms. The van der Waals surface area contributed by atoms with Gasteiger partial charge in [-0.05, 0) is 0 Å². The van der Waals surface area contributed by atoms with E-state index in [-0.39, 0.29) is 0 Å². The molecule has 0 spiro atoms. The molecule has 1 atom stereocenters. The Morgan fingerprint density at radius 1 is 1.71 bits per heavy atom. The van der Waals surface area contributed by atoms with Crippen molar-refractivity contribution in [1.82, 2.24) is 0 Å². The van der Waals surface area contributed by atoms with E-state index in [0.29, 0.717) is 0 Å². The van der Waals surface area contributed by atoms with Gasteiger partial charge >= 0.3 is 13.1 Å². The second-order valence-electron chi connectivity index (χ2n) is 1.16. The Balaban J connectivity index is 4.09. The van der Waals surface area contributed by atoms with Crippen LogP contribution in [0.2, 0.25) is 0 Å². The van der Waals surface area contributed by atoms with Crippen LogP contribution in [0.4, 0.5) is 4.79 Å². The minimum Gasteiger partial charge on any atom is -0.474 e. The van der Waals surface area contributed by atoms with Gasteiger partial charge in [-0.25, -0.2) is 4.79 Å². The van der Waals surface area contributed by atoms with E-state index in [1.807, 2.05) is 0 Å². The highest BCUT2D eigenvalue weighted by Crippen LogP contribution is 2.35. The lowest BCUT2D eigenvalue weighted by molar-refractivity contribution is 0.215. The van der Waals surface area contributed by atoms with Gasteiger partial charge in [-0.3, -0.25) is 4.57 Å². The summed E-state index contributed by atoms with van der Waals surface area (Å²) < 4.78 is 9.87. The van der Waals surface area contributed by atoms with E-state index in [1.54, 1.807) is 0 Å². The molecule has 0 heterocycles. The number of hydrogen-bond donors (Lipinski definition) is 2. The van der Waals surface area contributed by atoms with Crippen molar-refractivity contribution in [3.05, 3.63) is 0 Å².